The van der Waals surface area contributed by atoms with Crippen molar-refractivity contribution >= 4 is 29.9 Å². The van der Waals surface area contributed by atoms with Crippen molar-refractivity contribution in [1.29, 1.82) is 0 Å². The number of rotatable bonds is 6. The van der Waals surface area contributed by atoms with Gasteiger partial charge in [-0.3, -0.25) is 9.89 Å². The van der Waals surface area contributed by atoms with Gasteiger partial charge in [0.2, 0.25) is 0 Å². The highest BCUT2D eigenvalue weighted by Gasteiger charge is 2.30. The van der Waals surface area contributed by atoms with Gasteiger partial charge in [-0.1, -0.05) is 25.7 Å². The molecular formula is C17H33IN4. The highest BCUT2D eigenvalue weighted by atomic mass is 127. The summed E-state index contributed by atoms with van der Waals surface area (Å²) in [7, 11) is 1.89. The van der Waals surface area contributed by atoms with E-state index in [1.54, 1.807) is 0 Å². The van der Waals surface area contributed by atoms with E-state index in [0.717, 1.165) is 24.5 Å². The van der Waals surface area contributed by atoms with Crippen LogP contribution in [-0.2, 0) is 0 Å². The summed E-state index contributed by atoms with van der Waals surface area (Å²) in [5.74, 6) is 2.04. The van der Waals surface area contributed by atoms with Crippen molar-refractivity contribution in [2.75, 3.05) is 26.7 Å². The summed E-state index contributed by atoms with van der Waals surface area (Å²) < 4.78 is 0. The molecule has 1 atom stereocenters. The molecule has 1 aliphatic heterocycles. The number of likely N-dealkylation sites (tertiary alicyclic amines) is 1. The molecule has 4 nitrogen and oxygen atoms in total. The molecule has 0 bridgehead atoms. The van der Waals surface area contributed by atoms with Crippen molar-refractivity contribution in [2.45, 2.75) is 69.9 Å². The number of nitrogens with zero attached hydrogens (tertiary/aromatic N) is 2. The first kappa shape index (κ1) is 18.3. The molecule has 0 aromatic rings. The Hall–Kier alpha value is -0.0400. The molecule has 128 valence electrons. The minimum atomic E-state index is 0. The first-order valence-electron chi connectivity index (χ1n) is 9.06. The lowest BCUT2D eigenvalue weighted by Gasteiger charge is -2.24. The third kappa shape index (κ3) is 5.55. The Morgan fingerprint density at radius 1 is 1.14 bits per heavy atom. The summed E-state index contributed by atoms with van der Waals surface area (Å²) in [5, 5.41) is 7.10. The third-order valence-electron chi connectivity index (χ3n) is 5.40. The highest BCUT2D eigenvalue weighted by molar-refractivity contribution is 14.0. The predicted octanol–water partition coefficient (Wildman–Crippen LogP) is 2.98. The van der Waals surface area contributed by atoms with E-state index in [0.29, 0.717) is 6.04 Å². The van der Waals surface area contributed by atoms with Crippen LogP contribution < -0.4 is 10.6 Å². The first-order chi connectivity index (χ1) is 10.3. The fourth-order valence-electron chi connectivity index (χ4n) is 3.90. The summed E-state index contributed by atoms with van der Waals surface area (Å²) in [5.41, 5.74) is 0. The van der Waals surface area contributed by atoms with Gasteiger partial charge in [-0.2, -0.15) is 0 Å². The Balaban J connectivity index is 0.00000176. The maximum atomic E-state index is 4.38. The van der Waals surface area contributed by atoms with Gasteiger partial charge in [-0.25, -0.2) is 0 Å². The molecule has 0 amide bonds. The summed E-state index contributed by atoms with van der Waals surface area (Å²) in [6.45, 7) is 3.53. The van der Waals surface area contributed by atoms with Gasteiger partial charge in [-0.15, -0.1) is 24.0 Å². The summed E-state index contributed by atoms with van der Waals surface area (Å²) in [4.78, 5) is 7.08. The average molecular weight is 420 g/mol. The van der Waals surface area contributed by atoms with Crippen LogP contribution in [0, 0.1) is 5.92 Å². The van der Waals surface area contributed by atoms with Crippen molar-refractivity contribution in [3.8, 4) is 0 Å². The molecule has 1 heterocycles. The molecule has 1 unspecified atom stereocenters. The van der Waals surface area contributed by atoms with E-state index in [1.165, 1.54) is 70.9 Å². The monoisotopic (exact) mass is 420 g/mol. The minimum absolute atomic E-state index is 0. The summed E-state index contributed by atoms with van der Waals surface area (Å²) in [6.07, 6.45) is 12.6. The van der Waals surface area contributed by atoms with E-state index in [1.807, 2.05) is 7.05 Å². The van der Waals surface area contributed by atoms with Crippen LogP contribution in [0.5, 0.6) is 0 Å². The molecule has 3 fully saturated rings. The maximum absolute atomic E-state index is 4.38. The normalized spacial score (nSPS) is 27.0. The zero-order chi connectivity index (χ0) is 14.5. The van der Waals surface area contributed by atoms with Gasteiger partial charge in [0.05, 0.1) is 0 Å². The molecule has 1 saturated heterocycles. The van der Waals surface area contributed by atoms with Gasteiger partial charge in [0, 0.05) is 38.8 Å². The lowest BCUT2D eigenvalue weighted by Crippen LogP contribution is -2.45. The molecule has 5 heteroatoms. The van der Waals surface area contributed by atoms with E-state index < -0.39 is 0 Å². The van der Waals surface area contributed by atoms with Gasteiger partial charge in [-0.05, 0) is 38.0 Å². The van der Waals surface area contributed by atoms with Crippen LogP contribution in [0.2, 0.25) is 0 Å². The molecule has 0 spiro atoms. The Morgan fingerprint density at radius 2 is 1.91 bits per heavy atom. The van der Waals surface area contributed by atoms with Crippen LogP contribution >= 0.6 is 24.0 Å². The molecular weight excluding hydrogens is 387 g/mol. The Bertz CT molecular complexity index is 351. The molecule has 0 aromatic carbocycles. The van der Waals surface area contributed by atoms with Crippen LogP contribution in [0.4, 0.5) is 0 Å². The Morgan fingerprint density at radius 3 is 2.59 bits per heavy atom. The maximum Gasteiger partial charge on any atom is 0.191 e. The summed E-state index contributed by atoms with van der Waals surface area (Å²) >= 11 is 0. The molecule has 0 radical (unpaired) electrons. The number of nitrogens with one attached hydrogen (secondary N) is 2. The predicted molar refractivity (Wildman–Crippen MR) is 104 cm³/mol. The quantitative estimate of drug-likeness (QED) is 0.301. The lowest BCUT2D eigenvalue weighted by atomic mass is 10.2. The van der Waals surface area contributed by atoms with Crippen molar-refractivity contribution in [1.82, 2.24) is 15.5 Å². The number of halogens is 1. The molecule has 2 saturated carbocycles. The second kappa shape index (κ2) is 9.30. The second-order valence-electron chi connectivity index (χ2n) is 7.15. The number of hydrogen-bond donors (Lipinski definition) is 2. The SMILES string of the molecule is CN=C(NCCCC1CC1)NC1CCN(C2CCCC2)C1.I. The average Bonchev–Trinajstić information content (AvgIpc) is 2.99. The van der Waals surface area contributed by atoms with Crippen LogP contribution in [0.1, 0.15) is 57.8 Å². The lowest BCUT2D eigenvalue weighted by molar-refractivity contribution is 0.242. The number of aliphatic imine (C=N–C) groups is 1. The zero-order valence-corrected chi connectivity index (χ0v) is 16.4. The van der Waals surface area contributed by atoms with Gasteiger partial charge in [0.25, 0.3) is 0 Å². The molecule has 2 aliphatic carbocycles. The first-order valence-corrected chi connectivity index (χ1v) is 9.06. The van der Waals surface area contributed by atoms with Crippen LogP contribution in [0.15, 0.2) is 4.99 Å². The van der Waals surface area contributed by atoms with Gasteiger partial charge < -0.3 is 10.6 Å². The van der Waals surface area contributed by atoms with Crippen molar-refractivity contribution in [2.24, 2.45) is 10.9 Å². The van der Waals surface area contributed by atoms with Crippen molar-refractivity contribution in [3.05, 3.63) is 0 Å². The topological polar surface area (TPSA) is 39.7 Å². The number of guanidine groups is 1. The van der Waals surface area contributed by atoms with E-state index in [9.17, 15) is 0 Å². The minimum Gasteiger partial charge on any atom is -0.356 e. The van der Waals surface area contributed by atoms with E-state index in [2.05, 4.69) is 20.5 Å². The second-order valence-corrected chi connectivity index (χ2v) is 7.15. The molecule has 22 heavy (non-hydrogen) atoms. The Labute approximate surface area is 152 Å². The van der Waals surface area contributed by atoms with Gasteiger partial charge in [0.1, 0.15) is 0 Å². The van der Waals surface area contributed by atoms with Crippen LogP contribution in [0.25, 0.3) is 0 Å². The van der Waals surface area contributed by atoms with E-state index in [-0.39, 0.29) is 24.0 Å². The molecule has 2 N–H and O–H groups in total. The Kier molecular flexibility index (Phi) is 7.74. The smallest absolute Gasteiger partial charge is 0.191 e. The third-order valence-corrected chi connectivity index (χ3v) is 5.40. The molecule has 0 aromatic heterocycles. The fraction of sp³-hybridized carbons (Fsp3) is 0.941. The standard InChI is InChI=1S/C17H32N4.HI/c1-18-17(19-11-4-5-14-8-9-14)20-15-10-12-21(13-15)16-6-2-3-7-16;/h14-16H,2-13H2,1H3,(H2,18,19,20);1H. The van der Waals surface area contributed by atoms with Crippen molar-refractivity contribution in [3.63, 3.8) is 0 Å². The molecule has 3 aliphatic rings. The summed E-state index contributed by atoms with van der Waals surface area (Å²) in [6, 6.07) is 1.45. The molecule has 3 rings (SSSR count). The zero-order valence-electron chi connectivity index (χ0n) is 14.0. The van der Waals surface area contributed by atoms with Crippen LogP contribution in [0.3, 0.4) is 0 Å². The highest BCUT2D eigenvalue weighted by Crippen LogP contribution is 2.33. The largest absolute Gasteiger partial charge is 0.356 e. The van der Waals surface area contributed by atoms with Crippen LogP contribution in [-0.4, -0.2) is 49.6 Å². The van der Waals surface area contributed by atoms with Gasteiger partial charge in [0.15, 0.2) is 5.96 Å². The fourth-order valence-corrected chi connectivity index (χ4v) is 3.90. The van der Waals surface area contributed by atoms with Crippen molar-refractivity contribution < 1.29 is 0 Å². The van der Waals surface area contributed by atoms with E-state index >= 15 is 0 Å². The van der Waals surface area contributed by atoms with E-state index in [4.69, 9.17) is 0 Å². The van der Waals surface area contributed by atoms with Gasteiger partial charge >= 0.3 is 0 Å². The number of hydrogen-bond acceptors (Lipinski definition) is 2.